The Morgan fingerprint density at radius 1 is 1.00 bits per heavy atom. The molecule has 0 saturated heterocycles. The van der Waals surface area contributed by atoms with Crippen molar-refractivity contribution in [2.75, 3.05) is 0 Å². The van der Waals surface area contributed by atoms with Crippen molar-refractivity contribution in [1.29, 1.82) is 0 Å². The molecule has 0 fully saturated rings. The molecule has 0 aromatic heterocycles. The lowest BCUT2D eigenvalue weighted by Gasteiger charge is -2.07. The molecule has 1 amide bonds. The summed E-state index contributed by atoms with van der Waals surface area (Å²) in [7, 11) is 0. The molecule has 0 heterocycles. The average molecular weight is 323 g/mol. The summed E-state index contributed by atoms with van der Waals surface area (Å²) in [5.41, 5.74) is 0.487. The Bertz CT molecular complexity index is 688. The van der Waals surface area contributed by atoms with E-state index in [-0.39, 0.29) is 12.4 Å². The van der Waals surface area contributed by atoms with Crippen LogP contribution in [0.15, 0.2) is 54.6 Å². The highest BCUT2D eigenvalue weighted by Crippen LogP contribution is 2.29. The molecule has 23 heavy (non-hydrogen) atoms. The SMILES string of the molecule is O=C(/C=C/c1ccc(F)cc1)NCc1ccc(C(F)(F)F)cc1. The molecular formula is C17H13F4NO. The van der Waals surface area contributed by atoms with Gasteiger partial charge in [-0.15, -0.1) is 0 Å². The monoisotopic (exact) mass is 323 g/mol. The minimum atomic E-state index is -4.38. The Morgan fingerprint density at radius 3 is 2.17 bits per heavy atom. The van der Waals surface area contributed by atoms with E-state index in [2.05, 4.69) is 5.32 Å². The molecule has 2 aromatic carbocycles. The van der Waals surface area contributed by atoms with Gasteiger partial charge in [-0.2, -0.15) is 13.2 Å². The Labute approximate surface area is 130 Å². The molecule has 2 nitrogen and oxygen atoms in total. The van der Waals surface area contributed by atoms with E-state index in [0.29, 0.717) is 11.1 Å². The van der Waals surface area contributed by atoms with E-state index >= 15 is 0 Å². The number of carbonyl (C=O) groups excluding carboxylic acids is 1. The standard InChI is InChI=1S/C17H13F4NO/c18-15-8-3-12(4-9-15)5-10-16(23)22-11-13-1-6-14(7-2-13)17(19,20)21/h1-10H,11H2,(H,22,23)/b10-5+. The molecule has 2 aromatic rings. The summed E-state index contributed by atoms with van der Waals surface area (Å²) in [6, 6.07) is 10.2. The predicted octanol–water partition coefficient (Wildman–Crippen LogP) is 4.17. The topological polar surface area (TPSA) is 29.1 Å². The van der Waals surface area contributed by atoms with Crippen LogP contribution in [0, 0.1) is 5.82 Å². The lowest BCUT2D eigenvalue weighted by atomic mass is 10.1. The van der Waals surface area contributed by atoms with Crippen molar-refractivity contribution in [3.05, 3.63) is 77.1 Å². The Morgan fingerprint density at radius 2 is 1.61 bits per heavy atom. The smallest absolute Gasteiger partial charge is 0.348 e. The summed E-state index contributed by atoms with van der Waals surface area (Å²) in [5.74, 6) is -0.761. The van der Waals surface area contributed by atoms with Gasteiger partial charge in [0.2, 0.25) is 5.91 Å². The predicted molar refractivity (Wildman–Crippen MR) is 78.7 cm³/mol. The van der Waals surface area contributed by atoms with E-state index in [1.807, 2.05) is 0 Å². The number of amides is 1. The Kier molecular flexibility index (Phi) is 5.16. The fraction of sp³-hybridized carbons (Fsp3) is 0.118. The summed E-state index contributed by atoms with van der Waals surface area (Å²) < 4.78 is 50.0. The molecule has 0 spiro atoms. The van der Waals surface area contributed by atoms with Crippen LogP contribution in [0.2, 0.25) is 0 Å². The van der Waals surface area contributed by atoms with Crippen LogP contribution in [0.25, 0.3) is 6.08 Å². The van der Waals surface area contributed by atoms with Gasteiger partial charge in [0.25, 0.3) is 0 Å². The first-order valence-electron chi connectivity index (χ1n) is 6.72. The van der Waals surface area contributed by atoms with Crippen LogP contribution in [0.1, 0.15) is 16.7 Å². The lowest BCUT2D eigenvalue weighted by Crippen LogP contribution is -2.20. The maximum atomic E-state index is 12.7. The van der Waals surface area contributed by atoms with Gasteiger partial charge in [-0.25, -0.2) is 4.39 Å². The van der Waals surface area contributed by atoms with Gasteiger partial charge in [0.05, 0.1) is 5.56 Å². The van der Waals surface area contributed by atoms with E-state index < -0.39 is 17.6 Å². The molecule has 0 aliphatic carbocycles. The van der Waals surface area contributed by atoms with E-state index in [4.69, 9.17) is 0 Å². The first-order chi connectivity index (χ1) is 10.8. The molecule has 0 aliphatic heterocycles. The van der Waals surface area contributed by atoms with Gasteiger partial charge in [0, 0.05) is 12.6 Å². The minimum absolute atomic E-state index is 0.116. The average Bonchev–Trinajstić information content (AvgIpc) is 2.52. The molecule has 0 aliphatic rings. The van der Waals surface area contributed by atoms with E-state index in [9.17, 15) is 22.4 Å². The van der Waals surface area contributed by atoms with Crippen LogP contribution < -0.4 is 5.32 Å². The first-order valence-corrected chi connectivity index (χ1v) is 6.72. The van der Waals surface area contributed by atoms with Crippen molar-refractivity contribution in [1.82, 2.24) is 5.32 Å². The van der Waals surface area contributed by atoms with Crippen LogP contribution in [-0.2, 0) is 17.5 Å². The zero-order valence-electron chi connectivity index (χ0n) is 11.9. The van der Waals surface area contributed by atoms with Crippen LogP contribution in [0.5, 0.6) is 0 Å². The highest BCUT2D eigenvalue weighted by molar-refractivity contribution is 5.91. The number of rotatable bonds is 4. The Balaban J connectivity index is 1.88. The normalized spacial score (nSPS) is 11.7. The second-order valence-electron chi connectivity index (χ2n) is 4.80. The zero-order chi connectivity index (χ0) is 16.9. The number of alkyl halides is 3. The van der Waals surface area contributed by atoms with Crippen molar-refractivity contribution in [3.63, 3.8) is 0 Å². The zero-order valence-corrected chi connectivity index (χ0v) is 11.9. The van der Waals surface area contributed by atoms with Gasteiger partial charge in [0.1, 0.15) is 5.82 Å². The molecule has 0 unspecified atom stereocenters. The van der Waals surface area contributed by atoms with E-state index in [1.54, 1.807) is 0 Å². The van der Waals surface area contributed by atoms with Gasteiger partial charge < -0.3 is 5.32 Å². The molecule has 120 valence electrons. The number of carbonyl (C=O) groups is 1. The second-order valence-corrected chi connectivity index (χ2v) is 4.80. The number of halogens is 4. The summed E-state index contributed by atoms with van der Waals surface area (Å²) in [6.45, 7) is 0.116. The van der Waals surface area contributed by atoms with Crippen LogP contribution in [0.4, 0.5) is 17.6 Å². The molecule has 0 radical (unpaired) electrons. The van der Waals surface area contributed by atoms with Gasteiger partial charge in [-0.05, 0) is 41.5 Å². The fourth-order valence-corrected chi connectivity index (χ4v) is 1.81. The van der Waals surface area contributed by atoms with Crippen LogP contribution >= 0.6 is 0 Å². The quantitative estimate of drug-likeness (QED) is 0.664. The van der Waals surface area contributed by atoms with Crippen molar-refractivity contribution >= 4 is 12.0 Å². The molecule has 0 saturated carbocycles. The van der Waals surface area contributed by atoms with Crippen molar-refractivity contribution in [2.24, 2.45) is 0 Å². The number of hydrogen-bond acceptors (Lipinski definition) is 1. The van der Waals surface area contributed by atoms with Crippen molar-refractivity contribution in [2.45, 2.75) is 12.7 Å². The first kappa shape index (κ1) is 16.7. The maximum absolute atomic E-state index is 12.7. The molecule has 0 bridgehead atoms. The number of nitrogens with one attached hydrogen (secondary N) is 1. The summed E-state index contributed by atoms with van der Waals surface area (Å²) in [5, 5.41) is 2.56. The molecule has 0 atom stereocenters. The van der Waals surface area contributed by atoms with Crippen LogP contribution in [0.3, 0.4) is 0 Å². The highest BCUT2D eigenvalue weighted by Gasteiger charge is 2.29. The molecule has 6 heteroatoms. The number of hydrogen-bond donors (Lipinski definition) is 1. The summed E-state index contributed by atoms with van der Waals surface area (Å²) >= 11 is 0. The van der Waals surface area contributed by atoms with Crippen molar-refractivity contribution < 1.29 is 22.4 Å². The second kappa shape index (κ2) is 7.09. The minimum Gasteiger partial charge on any atom is -0.348 e. The van der Waals surface area contributed by atoms with Gasteiger partial charge in [0.15, 0.2) is 0 Å². The third-order valence-corrected chi connectivity index (χ3v) is 3.05. The third kappa shape index (κ3) is 5.25. The summed E-state index contributed by atoms with van der Waals surface area (Å²) in [4.78, 5) is 11.6. The van der Waals surface area contributed by atoms with Gasteiger partial charge >= 0.3 is 6.18 Å². The molecule has 2 rings (SSSR count). The Hall–Kier alpha value is -2.63. The number of benzene rings is 2. The van der Waals surface area contributed by atoms with E-state index in [1.165, 1.54) is 48.6 Å². The van der Waals surface area contributed by atoms with Crippen LogP contribution in [-0.4, -0.2) is 5.91 Å². The summed E-state index contributed by atoms with van der Waals surface area (Å²) in [6.07, 6.45) is -1.58. The largest absolute Gasteiger partial charge is 0.416 e. The van der Waals surface area contributed by atoms with Gasteiger partial charge in [-0.1, -0.05) is 24.3 Å². The van der Waals surface area contributed by atoms with Gasteiger partial charge in [-0.3, -0.25) is 4.79 Å². The maximum Gasteiger partial charge on any atom is 0.416 e. The third-order valence-electron chi connectivity index (χ3n) is 3.05. The van der Waals surface area contributed by atoms with E-state index in [0.717, 1.165) is 12.1 Å². The fourth-order valence-electron chi connectivity index (χ4n) is 1.81. The highest BCUT2D eigenvalue weighted by atomic mass is 19.4. The lowest BCUT2D eigenvalue weighted by molar-refractivity contribution is -0.137. The van der Waals surface area contributed by atoms with Crippen molar-refractivity contribution in [3.8, 4) is 0 Å². The molecule has 1 N–H and O–H groups in total. The molecular weight excluding hydrogens is 310 g/mol.